The minimum absolute atomic E-state index is 0.205. The predicted octanol–water partition coefficient (Wildman–Crippen LogP) is 4.37. The summed E-state index contributed by atoms with van der Waals surface area (Å²) in [5.41, 5.74) is 0.791. The van der Waals surface area contributed by atoms with Gasteiger partial charge in [0.2, 0.25) is 0 Å². The summed E-state index contributed by atoms with van der Waals surface area (Å²) in [7, 11) is 0. The normalized spacial score (nSPS) is 27.5. The Balaban J connectivity index is 2.05. The van der Waals surface area contributed by atoms with Gasteiger partial charge in [-0.05, 0) is 38.8 Å². The number of ether oxygens (including phenoxy) is 1. The molecule has 1 fully saturated rings. The molecule has 1 aromatic carbocycles. The Morgan fingerprint density at radius 1 is 1.21 bits per heavy atom. The first-order valence-electron chi connectivity index (χ1n) is 6.50. The van der Waals surface area contributed by atoms with Crippen molar-refractivity contribution in [1.82, 2.24) is 0 Å². The first-order chi connectivity index (χ1) is 9.04. The van der Waals surface area contributed by atoms with Crippen molar-refractivity contribution in [3.8, 4) is 0 Å². The fourth-order valence-electron chi connectivity index (χ4n) is 2.53. The van der Waals surface area contributed by atoms with Gasteiger partial charge < -0.3 is 10.1 Å². The average Bonchev–Trinajstić information content (AvgIpc) is 2.29. The molecule has 2 rings (SSSR count). The molecule has 0 bridgehead atoms. The van der Waals surface area contributed by atoms with Crippen LogP contribution in [0.3, 0.4) is 0 Å². The fourth-order valence-corrected chi connectivity index (χ4v) is 3.13. The van der Waals surface area contributed by atoms with Crippen LogP contribution in [0.4, 0.5) is 14.5 Å². The van der Waals surface area contributed by atoms with E-state index < -0.39 is 5.76 Å². The number of thioether (sulfide) groups is 1. The zero-order chi connectivity index (χ0) is 13.8. The largest absolute Gasteiger partial charge is 0.381 e. The molecule has 2 atom stereocenters. The summed E-state index contributed by atoms with van der Waals surface area (Å²) in [6.07, 6.45) is 2.21. The Kier molecular flexibility index (Phi) is 5.05. The van der Waals surface area contributed by atoms with E-state index in [2.05, 4.69) is 5.32 Å². The highest BCUT2D eigenvalue weighted by atomic mass is 32.2. The van der Waals surface area contributed by atoms with E-state index in [0.717, 1.165) is 18.5 Å². The van der Waals surface area contributed by atoms with Crippen LogP contribution in [0.15, 0.2) is 29.2 Å². The van der Waals surface area contributed by atoms with E-state index in [-0.39, 0.29) is 18.2 Å². The summed E-state index contributed by atoms with van der Waals surface area (Å²) in [5, 5.41) is 3.38. The number of hydrogen-bond donors (Lipinski definition) is 1. The van der Waals surface area contributed by atoms with E-state index >= 15 is 0 Å². The Morgan fingerprint density at radius 3 is 2.47 bits per heavy atom. The van der Waals surface area contributed by atoms with Gasteiger partial charge in [0.25, 0.3) is 5.76 Å². The lowest BCUT2D eigenvalue weighted by atomic mass is 9.99. The lowest BCUT2D eigenvalue weighted by molar-refractivity contribution is -0.0338. The first-order valence-corrected chi connectivity index (χ1v) is 7.38. The van der Waals surface area contributed by atoms with Crippen LogP contribution in [0.2, 0.25) is 0 Å². The number of hydrogen-bond acceptors (Lipinski definition) is 3. The van der Waals surface area contributed by atoms with Crippen molar-refractivity contribution in [1.29, 1.82) is 0 Å². The highest BCUT2D eigenvalue weighted by molar-refractivity contribution is 7.99. The van der Waals surface area contributed by atoms with Crippen LogP contribution >= 0.6 is 11.8 Å². The smallest absolute Gasteiger partial charge is 0.288 e. The van der Waals surface area contributed by atoms with Crippen molar-refractivity contribution in [3.63, 3.8) is 0 Å². The summed E-state index contributed by atoms with van der Waals surface area (Å²) in [6, 6.07) is 7.51. The van der Waals surface area contributed by atoms with Crippen molar-refractivity contribution in [2.24, 2.45) is 0 Å². The molecular formula is C14H19F2NOS. The lowest BCUT2D eigenvalue weighted by Gasteiger charge is -2.33. The molecule has 1 heterocycles. The van der Waals surface area contributed by atoms with Crippen molar-refractivity contribution < 1.29 is 13.5 Å². The quantitative estimate of drug-likeness (QED) is 0.831. The van der Waals surface area contributed by atoms with E-state index in [0.29, 0.717) is 16.7 Å². The molecule has 1 aliphatic heterocycles. The Morgan fingerprint density at radius 2 is 1.84 bits per heavy atom. The predicted molar refractivity (Wildman–Crippen MR) is 75.0 cm³/mol. The molecule has 0 spiro atoms. The third-order valence-electron chi connectivity index (χ3n) is 3.16. The van der Waals surface area contributed by atoms with Crippen LogP contribution in [-0.2, 0) is 4.74 Å². The van der Waals surface area contributed by atoms with E-state index in [1.54, 1.807) is 12.1 Å². The van der Waals surface area contributed by atoms with Crippen LogP contribution in [0.25, 0.3) is 0 Å². The van der Waals surface area contributed by atoms with Gasteiger partial charge in [-0.2, -0.15) is 8.78 Å². The third kappa shape index (κ3) is 4.35. The fraction of sp³-hybridized carbons (Fsp3) is 0.571. The first kappa shape index (κ1) is 14.6. The topological polar surface area (TPSA) is 21.3 Å². The maximum absolute atomic E-state index is 12.5. The lowest BCUT2D eigenvalue weighted by Crippen LogP contribution is -2.37. The summed E-state index contributed by atoms with van der Waals surface area (Å²) in [6.45, 7) is 4.09. The second kappa shape index (κ2) is 6.57. The van der Waals surface area contributed by atoms with E-state index in [9.17, 15) is 8.78 Å². The SMILES string of the molecule is CC1CC(Nc2ccccc2SC(F)F)CC(C)O1. The van der Waals surface area contributed by atoms with Crippen molar-refractivity contribution in [3.05, 3.63) is 24.3 Å². The minimum atomic E-state index is -2.39. The molecule has 2 unspecified atom stereocenters. The van der Waals surface area contributed by atoms with Gasteiger partial charge in [-0.15, -0.1) is 0 Å². The van der Waals surface area contributed by atoms with Crippen LogP contribution < -0.4 is 5.32 Å². The summed E-state index contributed by atoms with van der Waals surface area (Å²) < 4.78 is 30.7. The summed E-state index contributed by atoms with van der Waals surface area (Å²) in [4.78, 5) is 0.601. The zero-order valence-electron chi connectivity index (χ0n) is 11.1. The molecule has 0 aliphatic carbocycles. The molecule has 1 aliphatic rings. The third-order valence-corrected chi connectivity index (χ3v) is 3.95. The average molecular weight is 287 g/mol. The van der Waals surface area contributed by atoms with Gasteiger partial charge in [-0.25, -0.2) is 0 Å². The Labute approximate surface area is 116 Å². The van der Waals surface area contributed by atoms with Gasteiger partial charge in [0, 0.05) is 16.6 Å². The number of para-hydroxylation sites is 1. The Bertz CT molecular complexity index is 406. The van der Waals surface area contributed by atoms with Crippen molar-refractivity contribution in [2.45, 2.75) is 55.6 Å². The second-order valence-corrected chi connectivity index (χ2v) is 5.98. The molecule has 0 aromatic heterocycles. The van der Waals surface area contributed by atoms with Crippen molar-refractivity contribution in [2.75, 3.05) is 5.32 Å². The number of alkyl halides is 2. The van der Waals surface area contributed by atoms with E-state index in [4.69, 9.17) is 4.74 Å². The van der Waals surface area contributed by atoms with Crippen LogP contribution in [0.1, 0.15) is 26.7 Å². The maximum atomic E-state index is 12.5. The van der Waals surface area contributed by atoms with Gasteiger partial charge in [-0.3, -0.25) is 0 Å². The van der Waals surface area contributed by atoms with E-state index in [1.807, 2.05) is 26.0 Å². The molecule has 0 saturated carbocycles. The second-order valence-electron chi connectivity index (χ2n) is 4.94. The van der Waals surface area contributed by atoms with Gasteiger partial charge in [0.15, 0.2) is 0 Å². The maximum Gasteiger partial charge on any atom is 0.288 e. The standard InChI is InChI=1S/C14H19F2NOS/c1-9-7-11(8-10(2)18-9)17-12-5-3-4-6-13(12)19-14(15)16/h3-6,9-11,14,17H,7-8H2,1-2H3. The van der Waals surface area contributed by atoms with Crippen molar-refractivity contribution >= 4 is 17.4 Å². The summed E-state index contributed by atoms with van der Waals surface area (Å²) >= 11 is 0.588. The molecule has 1 N–H and O–H groups in total. The molecule has 2 nitrogen and oxygen atoms in total. The van der Waals surface area contributed by atoms with Crippen LogP contribution in [0.5, 0.6) is 0 Å². The Hall–Kier alpha value is -0.810. The van der Waals surface area contributed by atoms with Gasteiger partial charge >= 0.3 is 0 Å². The molecule has 5 heteroatoms. The number of rotatable bonds is 4. The van der Waals surface area contributed by atoms with E-state index in [1.165, 1.54) is 0 Å². The van der Waals surface area contributed by atoms with Gasteiger partial charge in [-0.1, -0.05) is 23.9 Å². The number of benzene rings is 1. The minimum Gasteiger partial charge on any atom is -0.381 e. The number of halogens is 2. The van der Waals surface area contributed by atoms with Gasteiger partial charge in [0.1, 0.15) is 0 Å². The molecule has 106 valence electrons. The highest BCUT2D eigenvalue weighted by Gasteiger charge is 2.24. The molecule has 0 amide bonds. The molecule has 0 radical (unpaired) electrons. The molecule has 1 saturated heterocycles. The molecular weight excluding hydrogens is 268 g/mol. The zero-order valence-corrected chi connectivity index (χ0v) is 11.9. The van der Waals surface area contributed by atoms with Crippen LogP contribution in [-0.4, -0.2) is 24.0 Å². The van der Waals surface area contributed by atoms with Crippen LogP contribution in [0, 0.1) is 0 Å². The monoisotopic (exact) mass is 287 g/mol. The molecule has 1 aromatic rings. The molecule has 19 heavy (non-hydrogen) atoms. The van der Waals surface area contributed by atoms with Gasteiger partial charge in [0.05, 0.1) is 12.2 Å². The number of anilines is 1. The number of nitrogens with one attached hydrogen (secondary N) is 1. The summed E-state index contributed by atoms with van der Waals surface area (Å²) in [5.74, 6) is -2.39. The highest BCUT2D eigenvalue weighted by Crippen LogP contribution is 2.33.